The molecule has 1 saturated carbocycles. The molecule has 0 bridgehead atoms. The Morgan fingerprint density at radius 2 is 2.03 bits per heavy atom. The number of aromatic nitrogens is 7. The molecule has 5 heterocycles. The second-order valence-electron chi connectivity index (χ2n) is 7.61. The highest BCUT2D eigenvalue weighted by Gasteiger charge is 2.34. The van der Waals surface area contributed by atoms with Gasteiger partial charge in [0.25, 0.3) is 5.91 Å². The Bertz CT molecular complexity index is 1540. The number of pyridine rings is 2. The number of nitrogens with one attached hydrogen (secondary N) is 1. The minimum absolute atomic E-state index is 0.254. The molecule has 1 N–H and O–H groups in total. The zero-order chi connectivity index (χ0) is 22.4. The first-order valence-electron chi connectivity index (χ1n) is 10.2. The topological polar surface area (TPSA) is 127 Å². The molecule has 11 heteroatoms. The fourth-order valence-electron chi connectivity index (χ4n) is 3.84. The van der Waals surface area contributed by atoms with Gasteiger partial charge in [-0.05, 0) is 54.6 Å². The molecule has 0 aliphatic heterocycles. The van der Waals surface area contributed by atoms with Gasteiger partial charge in [-0.25, -0.2) is 9.50 Å². The van der Waals surface area contributed by atoms with Crippen molar-refractivity contribution in [2.75, 3.05) is 5.32 Å². The molecule has 1 aliphatic rings. The Labute approximate surface area is 191 Å². The number of hydrogen-bond donors (Lipinski definition) is 1. The summed E-state index contributed by atoms with van der Waals surface area (Å²) < 4.78 is 6.48. The van der Waals surface area contributed by atoms with Crippen LogP contribution in [0.25, 0.3) is 22.6 Å². The lowest BCUT2D eigenvalue weighted by Crippen LogP contribution is -2.13. The molecule has 160 valence electrons. The van der Waals surface area contributed by atoms with Crippen LogP contribution in [0, 0.1) is 11.3 Å². The van der Waals surface area contributed by atoms with Crippen LogP contribution in [-0.2, 0) is 0 Å². The van der Waals surface area contributed by atoms with E-state index in [0.717, 1.165) is 35.2 Å². The quantitative estimate of drug-likeness (QED) is 0.432. The van der Waals surface area contributed by atoms with Crippen molar-refractivity contribution in [3.63, 3.8) is 0 Å². The molecule has 33 heavy (non-hydrogen) atoms. The molecule has 0 aromatic carbocycles. The molecule has 6 rings (SSSR count). The van der Waals surface area contributed by atoms with Crippen LogP contribution in [-0.4, -0.2) is 39.9 Å². The van der Waals surface area contributed by atoms with Crippen molar-refractivity contribution in [1.82, 2.24) is 34.0 Å². The number of nitrogens with zero attached hydrogens (tertiary/aromatic N) is 8. The van der Waals surface area contributed by atoms with Gasteiger partial charge in [-0.3, -0.25) is 4.79 Å². The second kappa shape index (κ2) is 7.61. The number of anilines is 1. The highest BCUT2D eigenvalue weighted by atomic mass is 32.1. The zero-order valence-electron chi connectivity index (χ0n) is 17.1. The maximum atomic E-state index is 13.2. The molecule has 0 radical (unpaired) electrons. The molecule has 0 spiro atoms. The summed E-state index contributed by atoms with van der Waals surface area (Å²) >= 11 is 1.19. The summed E-state index contributed by atoms with van der Waals surface area (Å²) in [5.74, 6) is 0.341. The van der Waals surface area contributed by atoms with Crippen molar-refractivity contribution in [2.24, 2.45) is 0 Å². The Hall–Kier alpha value is -4.43. The number of carbonyl (C=O) groups excluding carboxylic acids is 1. The standard InChI is InChI=1S/C22H15N9OS/c23-11-14-10-15(12-24-21(14)31-26-7-8-27-31)28-22(32)20-18(13-3-4-13)19(29-33-20)16-2-1-9-30-17(16)5-6-25-30/h1-2,5-10,12-13H,3-4H2,(H,28,32). The third-order valence-corrected chi connectivity index (χ3v) is 6.33. The summed E-state index contributed by atoms with van der Waals surface area (Å²) in [6.07, 6.45) is 10.2. The van der Waals surface area contributed by atoms with E-state index in [4.69, 9.17) is 0 Å². The highest BCUT2D eigenvalue weighted by molar-refractivity contribution is 7.08. The van der Waals surface area contributed by atoms with Gasteiger partial charge in [0.1, 0.15) is 16.5 Å². The van der Waals surface area contributed by atoms with E-state index in [0.29, 0.717) is 22.3 Å². The van der Waals surface area contributed by atoms with E-state index in [1.54, 1.807) is 16.8 Å². The number of amides is 1. The smallest absolute Gasteiger partial charge is 0.267 e. The molecule has 10 nitrogen and oxygen atoms in total. The first-order chi connectivity index (χ1) is 16.2. The van der Waals surface area contributed by atoms with Crippen molar-refractivity contribution in [3.8, 4) is 23.1 Å². The van der Waals surface area contributed by atoms with Crippen molar-refractivity contribution < 1.29 is 4.79 Å². The maximum Gasteiger partial charge on any atom is 0.267 e. The van der Waals surface area contributed by atoms with Crippen LogP contribution in [0.5, 0.6) is 0 Å². The fourth-order valence-corrected chi connectivity index (χ4v) is 4.71. The molecular formula is C22H15N9OS. The van der Waals surface area contributed by atoms with E-state index in [9.17, 15) is 10.1 Å². The van der Waals surface area contributed by atoms with E-state index in [-0.39, 0.29) is 11.5 Å². The molecule has 5 aromatic heterocycles. The predicted molar refractivity (Wildman–Crippen MR) is 120 cm³/mol. The largest absolute Gasteiger partial charge is 0.320 e. The normalized spacial score (nSPS) is 13.2. The van der Waals surface area contributed by atoms with E-state index in [1.165, 1.54) is 34.9 Å². The summed E-state index contributed by atoms with van der Waals surface area (Å²) in [5.41, 5.74) is 4.37. The second-order valence-corrected chi connectivity index (χ2v) is 8.38. The van der Waals surface area contributed by atoms with Gasteiger partial charge < -0.3 is 5.32 Å². The Balaban J connectivity index is 1.35. The Morgan fingerprint density at radius 1 is 1.18 bits per heavy atom. The van der Waals surface area contributed by atoms with E-state index < -0.39 is 0 Å². The third-order valence-electron chi connectivity index (χ3n) is 5.46. The van der Waals surface area contributed by atoms with Gasteiger partial charge in [-0.2, -0.15) is 24.9 Å². The predicted octanol–water partition coefficient (Wildman–Crippen LogP) is 3.43. The van der Waals surface area contributed by atoms with Crippen LogP contribution in [0.3, 0.4) is 0 Å². The van der Waals surface area contributed by atoms with Crippen LogP contribution < -0.4 is 5.32 Å². The molecule has 1 amide bonds. The van der Waals surface area contributed by atoms with E-state index in [1.807, 2.05) is 24.4 Å². The van der Waals surface area contributed by atoms with Crippen molar-refractivity contribution >= 4 is 28.6 Å². The first kappa shape index (κ1) is 19.3. The molecular weight excluding hydrogens is 438 g/mol. The SMILES string of the molecule is N#Cc1cc(NC(=O)c2snc(-c3cccn4nccc34)c2C2CC2)cnc1-n1nccn1. The van der Waals surface area contributed by atoms with Crippen LogP contribution in [0.2, 0.25) is 0 Å². The number of carbonyl (C=O) groups is 1. The number of rotatable bonds is 5. The summed E-state index contributed by atoms with van der Waals surface area (Å²) in [6, 6.07) is 9.52. The average molecular weight is 453 g/mol. The van der Waals surface area contributed by atoms with Crippen molar-refractivity contribution in [3.05, 3.63) is 71.3 Å². The molecule has 0 unspecified atom stereocenters. The molecule has 1 fully saturated rings. The van der Waals surface area contributed by atoms with Crippen molar-refractivity contribution in [1.29, 1.82) is 5.26 Å². The van der Waals surface area contributed by atoms with Gasteiger partial charge in [-0.15, -0.1) is 4.80 Å². The van der Waals surface area contributed by atoms with Gasteiger partial charge in [0.05, 0.1) is 41.7 Å². The molecule has 5 aromatic rings. The van der Waals surface area contributed by atoms with Gasteiger partial charge in [0, 0.05) is 17.3 Å². The lowest BCUT2D eigenvalue weighted by molar-refractivity contribution is 0.102. The van der Waals surface area contributed by atoms with Gasteiger partial charge >= 0.3 is 0 Å². The number of nitriles is 1. The monoisotopic (exact) mass is 453 g/mol. The molecule has 0 saturated heterocycles. The van der Waals surface area contributed by atoms with Crippen LogP contribution in [0.15, 0.2) is 55.2 Å². The summed E-state index contributed by atoms with van der Waals surface area (Å²) in [7, 11) is 0. The Kier molecular flexibility index (Phi) is 4.44. The molecule has 0 atom stereocenters. The summed E-state index contributed by atoms with van der Waals surface area (Å²) in [5, 5.41) is 24.7. The highest BCUT2D eigenvalue weighted by Crippen LogP contribution is 2.47. The van der Waals surface area contributed by atoms with Gasteiger partial charge in [-0.1, -0.05) is 0 Å². The lowest BCUT2D eigenvalue weighted by Gasteiger charge is -2.09. The fraction of sp³-hybridized carbons (Fsp3) is 0.136. The van der Waals surface area contributed by atoms with E-state index in [2.05, 4.69) is 36.0 Å². The van der Waals surface area contributed by atoms with E-state index >= 15 is 0 Å². The molecule has 1 aliphatic carbocycles. The minimum Gasteiger partial charge on any atom is -0.320 e. The Morgan fingerprint density at radius 3 is 2.82 bits per heavy atom. The lowest BCUT2D eigenvalue weighted by atomic mass is 10.0. The third kappa shape index (κ3) is 3.33. The number of fused-ring (bicyclic) bond motifs is 1. The maximum absolute atomic E-state index is 13.2. The summed E-state index contributed by atoms with van der Waals surface area (Å²) in [4.78, 5) is 19.3. The number of hydrogen-bond acceptors (Lipinski definition) is 8. The van der Waals surface area contributed by atoms with Crippen LogP contribution >= 0.6 is 11.5 Å². The minimum atomic E-state index is -0.267. The van der Waals surface area contributed by atoms with Crippen molar-refractivity contribution in [2.45, 2.75) is 18.8 Å². The van der Waals surface area contributed by atoms with Gasteiger partial charge in [0.15, 0.2) is 5.82 Å². The van der Waals surface area contributed by atoms with Gasteiger partial charge in [0.2, 0.25) is 0 Å². The van der Waals surface area contributed by atoms with Crippen LogP contribution in [0.4, 0.5) is 5.69 Å². The average Bonchev–Trinajstić information content (AvgIpc) is 3.25. The first-order valence-corrected chi connectivity index (χ1v) is 11.0. The zero-order valence-corrected chi connectivity index (χ0v) is 17.9. The summed E-state index contributed by atoms with van der Waals surface area (Å²) in [6.45, 7) is 0. The van der Waals surface area contributed by atoms with Crippen LogP contribution in [0.1, 0.15) is 39.6 Å².